The molecule has 3 rings (SSSR count). The Hall–Kier alpha value is -2.11. The van der Waals surface area contributed by atoms with Crippen LogP contribution in [0.25, 0.3) is 0 Å². The van der Waals surface area contributed by atoms with E-state index in [1.54, 1.807) is 13.2 Å². The van der Waals surface area contributed by atoms with Crippen molar-refractivity contribution in [3.05, 3.63) is 46.5 Å². The van der Waals surface area contributed by atoms with Gasteiger partial charge in [0, 0.05) is 24.2 Å². The van der Waals surface area contributed by atoms with E-state index in [4.69, 9.17) is 30.5 Å². The second-order valence-electron chi connectivity index (χ2n) is 5.32. The minimum absolute atomic E-state index is 0.286. The van der Waals surface area contributed by atoms with E-state index >= 15 is 0 Å². The molecule has 24 heavy (non-hydrogen) atoms. The van der Waals surface area contributed by atoms with E-state index in [1.165, 1.54) is 0 Å². The van der Waals surface area contributed by atoms with Gasteiger partial charge in [0.2, 0.25) is 6.79 Å². The third-order valence-corrected chi connectivity index (χ3v) is 4.07. The number of hydrogen-bond acceptors (Lipinski definition) is 5. The van der Waals surface area contributed by atoms with Gasteiger partial charge in [-0.3, -0.25) is 0 Å². The molecule has 0 atom stereocenters. The maximum atomic E-state index is 6.34. The van der Waals surface area contributed by atoms with Crippen molar-refractivity contribution in [2.45, 2.75) is 20.0 Å². The molecule has 0 fully saturated rings. The van der Waals surface area contributed by atoms with Crippen LogP contribution < -0.4 is 24.3 Å². The molecule has 0 saturated carbocycles. The molecule has 0 amide bonds. The Labute approximate surface area is 146 Å². The predicted octanol–water partition coefficient (Wildman–Crippen LogP) is 3.77. The quantitative estimate of drug-likeness (QED) is 0.824. The van der Waals surface area contributed by atoms with Crippen LogP contribution in [-0.4, -0.2) is 20.5 Å². The van der Waals surface area contributed by atoms with E-state index in [0.717, 1.165) is 22.6 Å². The number of methoxy groups -OCH3 is 1. The summed E-state index contributed by atoms with van der Waals surface area (Å²) >= 11 is 6.34. The Morgan fingerprint density at radius 1 is 1.08 bits per heavy atom. The largest absolute Gasteiger partial charge is 0.493 e. The van der Waals surface area contributed by atoms with Crippen molar-refractivity contribution >= 4 is 11.6 Å². The number of hydrogen-bond donors (Lipinski definition) is 1. The van der Waals surface area contributed by atoms with Crippen molar-refractivity contribution in [1.82, 2.24) is 5.32 Å². The highest BCUT2D eigenvalue weighted by Crippen LogP contribution is 2.34. The maximum absolute atomic E-state index is 6.34. The van der Waals surface area contributed by atoms with Crippen LogP contribution in [0.1, 0.15) is 18.1 Å². The number of nitrogens with one attached hydrogen (secondary N) is 1. The summed E-state index contributed by atoms with van der Waals surface area (Å²) in [6.45, 7) is 4.09. The summed E-state index contributed by atoms with van der Waals surface area (Å²) < 4.78 is 21.6. The molecule has 0 saturated heterocycles. The molecule has 1 heterocycles. The fraction of sp³-hybridized carbons (Fsp3) is 0.333. The van der Waals surface area contributed by atoms with Gasteiger partial charge in [-0.25, -0.2) is 0 Å². The van der Waals surface area contributed by atoms with Crippen LogP contribution in [0.4, 0.5) is 0 Å². The van der Waals surface area contributed by atoms with Crippen molar-refractivity contribution in [3.8, 4) is 23.0 Å². The van der Waals surface area contributed by atoms with Gasteiger partial charge in [-0.1, -0.05) is 17.7 Å². The summed E-state index contributed by atoms with van der Waals surface area (Å²) in [5.74, 6) is 2.92. The number of benzene rings is 2. The van der Waals surface area contributed by atoms with Gasteiger partial charge >= 0.3 is 0 Å². The second-order valence-corrected chi connectivity index (χ2v) is 5.73. The fourth-order valence-electron chi connectivity index (χ4n) is 2.53. The van der Waals surface area contributed by atoms with Crippen LogP contribution in [0.2, 0.25) is 5.02 Å². The molecule has 0 unspecified atom stereocenters. The van der Waals surface area contributed by atoms with Crippen molar-refractivity contribution < 1.29 is 18.9 Å². The average Bonchev–Trinajstić information content (AvgIpc) is 3.05. The number of halogens is 1. The Kier molecular flexibility index (Phi) is 5.33. The van der Waals surface area contributed by atoms with Gasteiger partial charge in [0.25, 0.3) is 0 Å². The average molecular weight is 350 g/mol. The van der Waals surface area contributed by atoms with Gasteiger partial charge in [0.05, 0.1) is 13.7 Å². The van der Waals surface area contributed by atoms with Crippen molar-refractivity contribution in [2.75, 3.05) is 20.5 Å². The molecule has 1 aliphatic rings. The van der Waals surface area contributed by atoms with Crippen molar-refractivity contribution in [1.29, 1.82) is 0 Å². The third-order valence-electron chi connectivity index (χ3n) is 3.71. The monoisotopic (exact) mass is 349 g/mol. The lowest BCUT2D eigenvalue weighted by atomic mass is 10.1. The predicted molar refractivity (Wildman–Crippen MR) is 92.3 cm³/mol. The molecule has 2 aromatic carbocycles. The van der Waals surface area contributed by atoms with Crippen molar-refractivity contribution in [3.63, 3.8) is 0 Å². The molecule has 0 aromatic heterocycles. The molecule has 5 nitrogen and oxygen atoms in total. The molecule has 6 heteroatoms. The zero-order chi connectivity index (χ0) is 16.9. The smallest absolute Gasteiger partial charge is 0.231 e. The SMILES string of the molecule is CCOc1cc(Cl)c(CNCc2ccc3c(c2)OCO3)cc1OC. The lowest BCUT2D eigenvalue weighted by molar-refractivity contribution is 0.174. The lowest BCUT2D eigenvalue weighted by Gasteiger charge is -2.13. The van der Waals surface area contributed by atoms with E-state index < -0.39 is 0 Å². The number of fused-ring (bicyclic) bond motifs is 1. The normalized spacial score (nSPS) is 12.3. The molecule has 2 aromatic rings. The van der Waals surface area contributed by atoms with Gasteiger partial charge in [0.15, 0.2) is 23.0 Å². The molecular formula is C18H20ClNO4. The van der Waals surface area contributed by atoms with Crippen LogP contribution in [-0.2, 0) is 13.1 Å². The third kappa shape index (κ3) is 3.68. The highest BCUT2D eigenvalue weighted by atomic mass is 35.5. The molecule has 0 spiro atoms. The zero-order valence-electron chi connectivity index (χ0n) is 13.7. The second kappa shape index (κ2) is 7.64. The first-order chi connectivity index (χ1) is 11.7. The van der Waals surface area contributed by atoms with Gasteiger partial charge in [0.1, 0.15) is 0 Å². The minimum atomic E-state index is 0.286. The molecule has 1 aliphatic heterocycles. The van der Waals surface area contributed by atoms with Gasteiger partial charge < -0.3 is 24.3 Å². The minimum Gasteiger partial charge on any atom is -0.493 e. The van der Waals surface area contributed by atoms with Crippen LogP contribution >= 0.6 is 11.6 Å². The number of rotatable bonds is 7. The van der Waals surface area contributed by atoms with Crippen LogP contribution in [0, 0.1) is 0 Å². The first kappa shape index (κ1) is 16.7. The topological polar surface area (TPSA) is 49.0 Å². The highest BCUT2D eigenvalue weighted by molar-refractivity contribution is 6.31. The maximum Gasteiger partial charge on any atom is 0.231 e. The Bertz CT molecular complexity index is 720. The Morgan fingerprint density at radius 2 is 1.92 bits per heavy atom. The van der Waals surface area contributed by atoms with Gasteiger partial charge in [-0.15, -0.1) is 0 Å². The summed E-state index contributed by atoms with van der Waals surface area (Å²) in [7, 11) is 1.62. The summed E-state index contributed by atoms with van der Waals surface area (Å²) in [4.78, 5) is 0. The first-order valence-corrected chi connectivity index (χ1v) is 8.17. The summed E-state index contributed by atoms with van der Waals surface area (Å²) in [5.41, 5.74) is 2.07. The lowest BCUT2D eigenvalue weighted by Crippen LogP contribution is -2.13. The standard InChI is InChI=1S/C18H20ClNO4/c1-3-22-18-8-14(19)13(7-16(18)21-2)10-20-9-12-4-5-15-17(6-12)24-11-23-15/h4-8,20H,3,9-11H2,1-2H3. The van der Waals surface area contributed by atoms with Gasteiger partial charge in [-0.05, 0) is 36.2 Å². The molecule has 0 radical (unpaired) electrons. The first-order valence-electron chi connectivity index (χ1n) is 7.79. The van der Waals surface area contributed by atoms with E-state index in [0.29, 0.717) is 36.2 Å². The summed E-state index contributed by atoms with van der Waals surface area (Å²) in [5, 5.41) is 4.03. The summed E-state index contributed by atoms with van der Waals surface area (Å²) in [6, 6.07) is 9.62. The van der Waals surface area contributed by atoms with Gasteiger partial charge in [-0.2, -0.15) is 0 Å². The van der Waals surface area contributed by atoms with E-state index in [1.807, 2.05) is 31.2 Å². The van der Waals surface area contributed by atoms with E-state index in [9.17, 15) is 0 Å². The highest BCUT2D eigenvalue weighted by Gasteiger charge is 2.13. The summed E-state index contributed by atoms with van der Waals surface area (Å²) in [6.07, 6.45) is 0. The fourth-order valence-corrected chi connectivity index (χ4v) is 2.75. The molecule has 1 N–H and O–H groups in total. The molecule has 0 aliphatic carbocycles. The van der Waals surface area contributed by atoms with E-state index in [2.05, 4.69) is 5.32 Å². The molecule has 0 bridgehead atoms. The van der Waals surface area contributed by atoms with Crippen LogP contribution in [0.5, 0.6) is 23.0 Å². The van der Waals surface area contributed by atoms with Crippen LogP contribution in [0.3, 0.4) is 0 Å². The molecular weight excluding hydrogens is 330 g/mol. The van der Waals surface area contributed by atoms with E-state index in [-0.39, 0.29) is 6.79 Å². The Balaban J connectivity index is 1.64. The Morgan fingerprint density at radius 3 is 2.71 bits per heavy atom. The van der Waals surface area contributed by atoms with Crippen molar-refractivity contribution in [2.24, 2.45) is 0 Å². The zero-order valence-corrected chi connectivity index (χ0v) is 14.5. The molecule has 128 valence electrons. The number of ether oxygens (including phenoxy) is 4. The van der Waals surface area contributed by atoms with Crippen LogP contribution in [0.15, 0.2) is 30.3 Å².